The Morgan fingerprint density at radius 1 is 1.35 bits per heavy atom. The molecule has 0 aromatic rings. The predicted molar refractivity (Wildman–Crippen MR) is 80.2 cm³/mol. The molecule has 2 fully saturated rings. The number of hydrogen-bond acceptors (Lipinski definition) is 7. The van der Waals surface area contributed by atoms with Gasteiger partial charge in [0.25, 0.3) is 0 Å². The molecule has 2 aliphatic rings. The van der Waals surface area contributed by atoms with Crippen LogP contribution in [0.15, 0.2) is 12.2 Å². The Hall–Kier alpha value is -0.990. The molecule has 2 aliphatic carbocycles. The molecule has 2 rings (SSSR count). The molecule has 0 radical (unpaired) electrons. The number of carbonyl (C=O) groups excluding carboxylic acids is 1. The third-order valence-corrected chi connectivity index (χ3v) is 5.80. The molecule has 7 atom stereocenters. The summed E-state index contributed by atoms with van der Waals surface area (Å²) in [7, 11) is 1.17. The molecule has 0 saturated heterocycles. The fourth-order valence-electron chi connectivity index (χ4n) is 4.56. The van der Waals surface area contributed by atoms with Crippen molar-refractivity contribution in [2.75, 3.05) is 13.7 Å². The molecule has 0 unspecified atom stereocenters. The van der Waals surface area contributed by atoms with Gasteiger partial charge in [-0.2, -0.15) is 0 Å². The van der Waals surface area contributed by atoms with Gasteiger partial charge in [-0.15, -0.1) is 0 Å². The van der Waals surface area contributed by atoms with Crippen molar-refractivity contribution in [3.63, 3.8) is 0 Å². The van der Waals surface area contributed by atoms with Crippen LogP contribution in [-0.4, -0.2) is 69.1 Å². The minimum Gasteiger partial charge on any atom is -0.466 e. The van der Waals surface area contributed by atoms with Crippen molar-refractivity contribution in [2.45, 2.75) is 50.1 Å². The maximum atomic E-state index is 11.7. The van der Waals surface area contributed by atoms with Crippen LogP contribution in [0.1, 0.15) is 26.2 Å². The summed E-state index contributed by atoms with van der Waals surface area (Å²) in [6.45, 7) is 4.70. The van der Waals surface area contributed by atoms with Crippen LogP contribution >= 0.6 is 0 Å². The first-order valence-electron chi connectivity index (χ1n) is 7.77. The number of esters is 1. The van der Waals surface area contributed by atoms with E-state index in [1.165, 1.54) is 7.11 Å². The second kappa shape index (κ2) is 6.14. The van der Waals surface area contributed by atoms with Gasteiger partial charge in [0, 0.05) is 22.8 Å². The summed E-state index contributed by atoms with van der Waals surface area (Å²) < 4.78 is 4.60. The first kappa shape index (κ1) is 18.4. The Bertz CT molecular complexity index is 493. The number of carbonyl (C=O) groups is 1. The highest BCUT2D eigenvalue weighted by Gasteiger charge is 2.63. The molecule has 5 N–H and O–H groups in total. The van der Waals surface area contributed by atoms with E-state index >= 15 is 0 Å². The molecule has 0 aromatic heterocycles. The Labute approximate surface area is 135 Å². The van der Waals surface area contributed by atoms with E-state index in [-0.39, 0.29) is 24.8 Å². The van der Waals surface area contributed by atoms with Gasteiger partial charge in [-0.1, -0.05) is 13.5 Å². The van der Waals surface area contributed by atoms with Gasteiger partial charge in [0.05, 0.1) is 37.6 Å². The zero-order chi connectivity index (χ0) is 17.6. The molecular weight excluding hydrogens is 304 g/mol. The highest BCUT2D eigenvalue weighted by molar-refractivity contribution is 5.88. The van der Waals surface area contributed by atoms with E-state index in [1.807, 2.05) is 0 Å². The summed E-state index contributed by atoms with van der Waals surface area (Å²) in [5, 5.41) is 52.0. The molecule has 0 amide bonds. The van der Waals surface area contributed by atoms with Crippen LogP contribution in [-0.2, 0) is 9.53 Å². The van der Waals surface area contributed by atoms with E-state index in [2.05, 4.69) is 11.3 Å². The Balaban J connectivity index is 2.44. The lowest BCUT2D eigenvalue weighted by atomic mass is 9.50. The van der Waals surface area contributed by atoms with Crippen LogP contribution in [0.2, 0.25) is 0 Å². The highest BCUT2D eigenvalue weighted by atomic mass is 16.5. The second-order valence-corrected chi connectivity index (χ2v) is 7.10. The van der Waals surface area contributed by atoms with E-state index in [0.29, 0.717) is 0 Å². The average Bonchev–Trinajstić information content (AvgIpc) is 2.49. The smallest absolute Gasteiger partial charge is 0.333 e. The van der Waals surface area contributed by atoms with Crippen molar-refractivity contribution in [1.29, 1.82) is 0 Å². The number of methoxy groups -OCH3 is 1. The van der Waals surface area contributed by atoms with Gasteiger partial charge in [-0.3, -0.25) is 0 Å². The maximum Gasteiger partial charge on any atom is 0.333 e. The van der Waals surface area contributed by atoms with Crippen LogP contribution in [0, 0.1) is 17.3 Å². The van der Waals surface area contributed by atoms with E-state index in [9.17, 15) is 30.3 Å². The predicted octanol–water partition coefficient (Wildman–Crippen LogP) is -1.04. The van der Waals surface area contributed by atoms with Crippen LogP contribution in [0.4, 0.5) is 0 Å². The lowest BCUT2D eigenvalue weighted by molar-refractivity contribution is -0.246. The molecular formula is C16H26O7. The van der Waals surface area contributed by atoms with Gasteiger partial charge >= 0.3 is 5.97 Å². The molecule has 132 valence electrons. The fourth-order valence-corrected chi connectivity index (χ4v) is 4.56. The summed E-state index contributed by atoms with van der Waals surface area (Å²) in [6, 6.07) is 0. The van der Waals surface area contributed by atoms with E-state index in [1.54, 1.807) is 6.92 Å². The summed E-state index contributed by atoms with van der Waals surface area (Å²) >= 11 is 0. The SMILES string of the molecule is C=C(C(=O)OC)[C@@H]1[C@H](O)[C@@H]2[C@](O)(CO)CC[C@H](O)[C@]2(C)C[C@H]1O. The molecule has 23 heavy (non-hydrogen) atoms. The largest absolute Gasteiger partial charge is 0.466 e. The summed E-state index contributed by atoms with van der Waals surface area (Å²) in [4.78, 5) is 11.7. The lowest BCUT2D eigenvalue weighted by Crippen LogP contribution is -2.67. The van der Waals surface area contributed by atoms with Crippen molar-refractivity contribution in [3.05, 3.63) is 12.2 Å². The number of fused-ring (bicyclic) bond motifs is 1. The van der Waals surface area contributed by atoms with E-state index in [0.717, 1.165) is 0 Å². The normalized spacial score (nSPS) is 46.8. The van der Waals surface area contributed by atoms with Crippen LogP contribution < -0.4 is 0 Å². The first-order chi connectivity index (χ1) is 10.6. The number of hydrogen-bond donors (Lipinski definition) is 5. The summed E-state index contributed by atoms with van der Waals surface area (Å²) in [5.41, 5.74) is -2.67. The zero-order valence-corrected chi connectivity index (χ0v) is 13.5. The molecule has 2 saturated carbocycles. The van der Waals surface area contributed by atoms with Gasteiger partial charge in [-0.25, -0.2) is 4.79 Å². The molecule has 0 aliphatic heterocycles. The Kier molecular flexibility index (Phi) is 4.90. The monoisotopic (exact) mass is 330 g/mol. The van der Waals surface area contributed by atoms with Crippen molar-refractivity contribution >= 4 is 5.97 Å². The molecule has 0 heterocycles. The van der Waals surface area contributed by atoms with Crippen molar-refractivity contribution in [2.24, 2.45) is 17.3 Å². The zero-order valence-electron chi connectivity index (χ0n) is 13.5. The van der Waals surface area contributed by atoms with Gasteiger partial charge in [-0.05, 0) is 19.3 Å². The quantitative estimate of drug-likeness (QED) is 0.330. The number of aliphatic hydroxyl groups excluding tert-OH is 4. The summed E-state index contributed by atoms with van der Waals surface area (Å²) in [6.07, 6.45) is -2.85. The minimum absolute atomic E-state index is 0.0683. The highest BCUT2D eigenvalue weighted by Crippen LogP contribution is 2.56. The minimum atomic E-state index is -1.60. The third kappa shape index (κ3) is 2.70. The van der Waals surface area contributed by atoms with Crippen molar-refractivity contribution < 1.29 is 35.1 Å². The van der Waals surface area contributed by atoms with Gasteiger partial charge in [0.1, 0.15) is 0 Å². The van der Waals surface area contributed by atoms with E-state index < -0.39 is 53.7 Å². The fraction of sp³-hybridized carbons (Fsp3) is 0.812. The van der Waals surface area contributed by atoms with Gasteiger partial charge in [0.2, 0.25) is 0 Å². The molecule has 0 aromatic carbocycles. The lowest BCUT2D eigenvalue weighted by Gasteiger charge is -2.59. The summed E-state index contributed by atoms with van der Waals surface area (Å²) in [5.74, 6) is -2.68. The maximum absolute atomic E-state index is 11.7. The molecule has 7 nitrogen and oxygen atoms in total. The number of aliphatic hydroxyl groups is 5. The number of ether oxygens (including phenoxy) is 1. The van der Waals surface area contributed by atoms with Crippen LogP contribution in [0.5, 0.6) is 0 Å². The Morgan fingerprint density at radius 2 is 1.96 bits per heavy atom. The standard InChI is InChI=1S/C16H26O7/c1-8(14(21)23-3)11-9(18)6-15(2)10(19)4-5-16(22,7-17)13(15)12(11)20/h9-13,17-20,22H,1,4-7H2,2-3H3/t9-,10+,11+,12+,13+,15+,16-/m1/s1. The van der Waals surface area contributed by atoms with Crippen LogP contribution in [0.25, 0.3) is 0 Å². The molecule has 0 bridgehead atoms. The van der Waals surface area contributed by atoms with Gasteiger partial charge < -0.3 is 30.3 Å². The van der Waals surface area contributed by atoms with Crippen molar-refractivity contribution in [1.82, 2.24) is 0 Å². The topological polar surface area (TPSA) is 127 Å². The molecule has 7 heteroatoms. The second-order valence-electron chi connectivity index (χ2n) is 7.10. The Morgan fingerprint density at radius 3 is 2.48 bits per heavy atom. The number of rotatable bonds is 3. The average molecular weight is 330 g/mol. The van der Waals surface area contributed by atoms with Crippen molar-refractivity contribution in [3.8, 4) is 0 Å². The van der Waals surface area contributed by atoms with E-state index in [4.69, 9.17) is 0 Å². The first-order valence-corrected chi connectivity index (χ1v) is 7.77. The molecule has 0 spiro atoms. The van der Waals surface area contributed by atoms with Gasteiger partial charge in [0.15, 0.2) is 0 Å². The van der Waals surface area contributed by atoms with Crippen LogP contribution in [0.3, 0.4) is 0 Å². The third-order valence-electron chi connectivity index (χ3n) is 5.80.